The molecular weight excluding hydrogens is 318 g/mol. The number of hydrogen-bond donors (Lipinski definition) is 1. The largest absolute Gasteiger partial charge is 0.338 e. The molecule has 1 fully saturated rings. The van der Waals surface area contributed by atoms with Crippen molar-refractivity contribution in [3.8, 4) is 0 Å². The number of unbranched alkanes of at least 4 members (excludes halogenated alkanes) is 1. The Hall–Kier alpha value is -2.21. The van der Waals surface area contributed by atoms with E-state index in [4.69, 9.17) is 5.73 Å². The van der Waals surface area contributed by atoms with Crippen LogP contribution in [0.5, 0.6) is 0 Å². The van der Waals surface area contributed by atoms with E-state index >= 15 is 0 Å². The lowest BCUT2D eigenvalue weighted by atomic mass is 9.90. The Kier molecular flexibility index (Phi) is 4.64. The van der Waals surface area contributed by atoms with Crippen LogP contribution in [0.25, 0.3) is 0 Å². The van der Waals surface area contributed by atoms with Gasteiger partial charge >= 0.3 is 0 Å². The van der Waals surface area contributed by atoms with E-state index in [1.54, 1.807) is 23.1 Å². The van der Waals surface area contributed by atoms with Crippen molar-refractivity contribution in [1.82, 2.24) is 9.80 Å². The minimum atomic E-state index is -0.295. The molecule has 0 radical (unpaired) electrons. The van der Waals surface area contributed by atoms with Crippen LogP contribution < -0.4 is 5.73 Å². The van der Waals surface area contributed by atoms with Crippen LogP contribution in [-0.4, -0.2) is 53.7 Å². The molecule has 25 heavy (non-hydrogen) atoms. The van der Waals surface area contributed by atoms with E-state index in [1.807, 2.05) is 6.92 Å². The van der Waals surface area contributed by atoms with Gasteiger partial charge < -0.3 is 10.6 Å². The SMILES string of the molecule is CCCCN1C(=O)c2ccc(C(=O)N3CCC(C)(CN)C3)cc2C1=O. The van der Waals surface area contributed by atoms with Crippen LogP contribution in [-0.2, 0) is 0 Å². The summed E-state index contributed by atoms with van der Waals surface area (Å²) in [5, 5.41) is 0. The monoisotopic (exact) mass is 343 g/mol. The van der Waals surface area contributed by atoms with Crippen LogP contribution in [0.15, 0.2) is 18.2 Å². The first-order valence-corrected chi connectivity index (χ1v) is 8.90. The lowest BCUT2D eigenvalue weighted by Gasteiger charge is -2.22. The number of rotatable bonds is 5. The fourth-order valence-corrected chi connectivity index (χ4v) is 3.49. The predicted molar refractivity (Wildman–Crippen MR) is 94.4 cm³/mol. The standard InChI is InChI=1S/C19H25N3O3/c1-3-4-8-22-17(24)14-6-5-13(10-15(14)18(22)25)16(23)21-9-7-19(2,11-20)12-21/h5-6,10H,3-4,7-9,11-12,20H2,1-2H3. The molecule has 6 nitrogen and oxygen atoms in total. The molecule has 0 saturated carbocycles. The van der Waals surface area contributed by atoms with Gasteiger partial charge in [0, 0.05) is 25.2 Å². The molecule has 2 aliphatic heterocycles. The number of nitrogens with zero attached hydrogens (tertiary/aromatic N) is 2. The summed E-state index contributed by atoms with van der Waals surface area (Å²) >= 11 is 0. The van der Waals surface area contributed by atoms with Gasteiger partial charge in [0.2, 0.25) is 0 Å². The molecular formula is C19H25N3O3. The van der Waals surface area contributed by atoms with E-state index in [0.717, 1.165) is 19.3 Å². The van der Waals surface area contributed by atoms with Gasteiger partial charge in [-0.1, -0.05) is 20.3 Å². The molecule has 2 heterocycles. The lowest BCUT2D eigenvalue weighted by molar-refractivity contribution is 0.0652. The van der Waals surface area contributed by atoms with Crippen LogP contribution in [0.3, 0.4) is 0 Å². The number of imide groups is 1. The zero-order chi connectivity index (χ0) is 18.2. The Bertz CT molecular complexity index is 731. The molecule has 134 valence electrons. The molecule has 1 unspecified atom stereocenters. The van der Waals surface area contributed by atoms with Crippen molar-refractivity contribution in [2.45, 2.75) is 33.1 Å². The van der Waals surface area contributed by atoms with Crippen molar-refractivity contribution in [3.63, 3.8) is 0 Å². The second-order valence-electron chi connectivity index (χ2n) is 7.37. The Morgan fingerprint density at radius 2 is 1.96 bits per heavy atom. The van der Waals surface area contributed by atoms with Crippen LogP contribution in [0.2, 0.25) is 0 Å². The molecule has 0 bridgehead atoms. The summed E-state index contributed by atoms with van der Waals surface area (Å²) < 4.78 is 0. The predicted octanol–water partition coefficient (Wildman–Crippen LogP) is 1.89. The molecule has 1 aromatic rings. The molecule has 3 amide bonds. The molecule has 3 rings (SSSR count). The quantitative estimate of drug-likeness (QED) is 0.828. The van der Waals surface area contributed by atoms with Gasteiger partial charge in [-0.25, -0.2) is 0 Å². The summed E-state index contributed by atoms with van der Waals surface area (Å²) in [7, 11) is 0. The summed E-state index contributed by atoms with van der Waals surface area (Å²) in [4.78, 5) is 40.7. The third-order valence-electron chi connectivity index (χ3n) is 5.29. The van der Waals surface area contributed by atoms with Crippen molar-refractivity contribution < 1.29 is 14.4 Å². The van der Waals surface area contributed by atoms with Gasteiger partial charge in [-0.05, 0) is 43.0 Å². The van der Waals surface area contributed by atoms with Crippen molar-refractivity contribution in [1.29, 1.82) is 0 Å². The molecule has 1 saturated heterocycles. The Morgan fingerprint density at radius 3 is 2.60 bits per heavy atom. The highest BCUT2D eigenvalue weighted by Crippen LogP contribution is 2.30. The van der Waals surface area contributed by atoms with E-state index in [2.05, 4.69) is 6.92 Å². The van der Waals surface area contributed by atoms with Gasteiger partial charge in [-0.15, -0.1) is 0 Å². The van der Waals surface area contributed by atoms with Crippen molar-refractivity contribution in [2.24, 2.45) is 11.1 Å². The Morgan fingerprint density at radius 1 is 1.24 bits per heavy atom. The summed E-state index contributed by atoms with van der Waals surface area (Å²) in [6.45, 7) is 6.35. The highest BCUT2D eigenvalue weighted by Gasteiger charge is 2.38. The van der Waals surface area contributed by atoms with E-state index in [1.165, 1.54) is 4.90 Å². The number of nitrogens with two attached hydrogens (primary N) is 1. The topological polar surface area (TPSA) is 83.7 Å². The highest BCUT2D eigenvalue weighted by molar-refractivity contribution is 6.22. The summed E-state index contributed by atoms with van der Waals surface area (Å²) in [5.74, 6) is -0.659. The minimum absolute atomic E-state index is 0.0465. The molecule has 2 N–H and O–H groups in total. The number of hydrogen-bond acceptors (Lipinski definition) is 4. The Balaban J connectivity index is 1.81. The van der Waals surface area contributed by atoms with Crippen molar-refractivity contribution in [2.75, 3.05) is 26.2 Å². The maximum absolute atomic E-state index is 12.8. The van der Waals surface area contributed by atoms with Gasteiger partial charge in [-0.2, -0.15) is 0 Å². The summed E-state index contributed by atoms with van der Waals surface area (Å²) in [6, 6.07) is 4.82. The fourth-order valence-electron chi connectivity index (χ4n) is 3.49. The average molecular weight is 343 g/mol. The maximum atomic E-state index is 12.8. The molecule has 2 aliphatic rings. The smallest absolute Gasteiger partial charge is 0.261 e. The third-order valence-corrected chi connectivity index (χ3v) is 5.29. The van der Waals surface area contributed by atoms with Crippen LogP contribution >= 0.6 is 0 Å². The van der Waals surface area contributed by atoms with Crippen molar-refractivity contribution in [3.05, 3.63) is 34.9 Å². The van der Waals surface area contributed by atoms with Crippen molar-refractivity contribution >= 4 is 17.7 Å². The highest BCUT2D eigenvalue weighted by atomic mass is 16.2. The van der Waals surface area contributed by atoms with Gasteiger partial charge in [0.1, 0.15) is 0 Å². The van der Waals surface area contributed by atoms with E-state index in [-0.39, 0.29) is 23.1 Å². The summed E-state index contributed by atoms with van der Waals surface area (Å²) in [5.41, 5.74) is 6.95. The molecule has 0 aliphatic carbocycles. The van der Waals surface area contributed by atoms with E-state index < -0.39 is 0 Å². The molecule has 0 spiro atoms. The lowest BCUT2D eigenvalue weighted by Crippen LogP contribution is -2.34. The number of likely N-dealkylation sites (tertiary alicyclic amines) is 1. The van der Waals surface area contributed by atoms with Crippen LogP contribution in [0.4, 0.5) is 0 Å². The number of carbonyl (C=O) groups is 3. The first kappa shape index (κ1) is 17.6. The van der Waals surface area contributed by atoms with E-state index in [0.29, 0.717) is 42.9 Å². The van der Waals surface area contributed by atoms with Gasteiger partial charge in [-0.3, -0.25) is 19.3 Å². The molecule has 1 aromatic carbocycles. The molecule has 1 atom stereocenters. The second kappa shape index (κ2) is 6.59. The summed E-state index contributed by atoms with van der Waals surface area (Å²) in [6.07, 6.45) is 2.57. The second-order valence-corrected chi connectivity index (χ2v) is 7.37. The maximum Gasteiger partial charge on any atom is 0.261 e. The van der Waals surface area contributed by atoms with E-state index in [9.17, 15) is 14.4 Å². The number of fused-ring (bicyclic) bond motifs is 1. The first-order chi connectivity index (χ1) is 11.9. The molecule has 6 heteroatoms. The first-order valence-electron chi connectivity index (χ1n) is 8.90. The fraction of sp³-hybridized carbons (Fsp3) is 0.526. The molecule has 0 aromatic heterocycles. The van der Waals surface area contributed by atoms with Crippen LogP contribution in [0, 0.1) is 5.41 Å². The third kappa shape index (κ3) is 3.06. The van der Waals surface area contributed by atoms with Crippen LogP contribution in [0.1, 0.15) is 64.2 Å². The number of carbonyl (C=O) groups excluding carboxylic acids is 3. The average Bonchev–Trinajstić information content (AvgIpc) is 3.13. The van der Waals surface area contributed by atoms with Gasteiger partial charge in [0.15, 0.2) is 0 Å². The van der Waals surface area contributed by atoms with Gasteiger partial charge in [0.05, 0.1) is 11.1 Å². The zero-order valence-corrected chi connectivity index (χ0v) is 14.9. The normalized spacial score (nSPS) is 22.7. The number of amides is 3. The number of benzene rings is 1. The minimum Gasteiger partial charge on any atom is -0.338 e. The zero-order valence-electron chi connectivity index (χ0n) is 14.9. The van der Waals surface area contributed by atoms with Gasteiger partial charge in [0.25, 0.3) is 17.7 Å². The Labute approximate surface area is 148 Å².